The average molecular weight is 242 g/mol. The van der Waals surface area contributed by atoms with E-state index in [1.165, 1.54) is 64.2 Å². The van der Waals surface area contributed by atoms with Crippen molar-refractivity contribution in [2.45, 2.75) is 77.6 Å². The lowest BCUT2D eigenvalue weighted by atomic mass is 10.1. The van der Waals surface area contributed by atoms with Crippen molar-refractivity contribution in [2.24, 2.45) is 0 Å². The minimum absolute atomic E-state index is 0.155. The molecule has 17 heavy (non-hydrogen) atoms. The minimum Gasteiger partial charge on any atom is -0.481 e. The second-order valence-electron chi connectivity index (χ2n) is 4.78. The Morgan fingerprint density at radius 1 is 0.824 bits per heavy atom. The molecule has 0 aliphatic carbocycles. The van der Waals surface area contributed by atoms with Crippen molar-refractivity contribution in [3.63, 3.8) is 0 Å². The van der Waals surface area contributed by atoms with Gasteiger partial charge < -0.3 is 9.84 Å². The molecule has 0 aliphatic rings. The van der Waals surface area contributed by atoms with Crippen molar-refractivity contribution in [2.75, 3.05) is 6.61 Å². The SMILES string of the molecule is C=C(O)OCCCCCCCCCCCCC. The van der Waals surface area contributed by atoms with E-state index >= 15 is 0 Å². The first-order valence-electron chi connectivity index (χ1n) is 7.28. The van der Waals surface area contributed by atoms with Crippen molar-refractivity contribution in [1.29, 1.82) is 0 Å². The first-order valence-corrected chi connectivity index (χ1v) is 7.28. The van der Waals surface area contributed by atoms with Crippen LogP contribution in [0.3, 0.4) is 0 Å². The highest BCUT2D eigenvalue weighted by molar-refractivity contribution is 4.61. The van der Waals surface area contributed by atoms with E-state index in [4.69, 9.17) is 9.84 Å². The summed E-state index contributed by atoms with van der Waals surface area (Å²) in [5.41, 5.74) is 0. The summed E-state index contributed by atoms with van der Waals surface area (Å²) in [5.74, 6) is -0.155. The molecule has 102 valence electrons. The summed E-state index contributed by atoms with van der Waals surface area (Å²) in [4.78, 5) is 0. The first-order chi connectivity index (χ1) is 8.27. The lowest BCUT2D eigenvalue weighted by Crippen LogP contribution is -1.93. The number of hydrogen-bond acceptors (Lipinski definition) is 2. The molecule has 0 aromatic rings. The number of rotatable bonds is 13. The van der Waals surface area contributed by atoms with Crippen molar-refractivity contribution >= 4 is 0 Å². The molecule has 0 radical (unpaired) electrons. The summed E-state index contributed by atoms with van der Waals surface area (Å²) in [5, 5.41) is 8.70. The summed E-state index contributed by atoms with van der Waals surface area (Å²) >= 11 is 0. The van der Waals surface area contributed by atoms with Crippen LogP contribution in [0, 0.1) is 0 Å². The number of ether oxygens (including phenoxy) is 1. The Morgan fingerprint density at radius 2 is 1.24 bits per heavy atom. The zero-order valence-electron chi connectivity index (χ0n) is 11.5. The molecule has 0 spiro atoms. The molecule has 0 bridgehead atoms. The zero-order valence-corrected chi connectivity index (χ0v) is 11.5. The van der Waals surface area contributed by atoms with Gasteiger partial charge in [-0.05, 0) is 13.0 Å². The molecule has 0 aromatic carbocycles. The van der Waals surface area contributed by atoms with Crippen LogP contribution in [-0.2, 0) is 4.74 Å². The fourth-order valence-corrected chi connectivity index (χ4v) is 1.96. The largest absolute Gasteiger partial charge is 0.481 e. The van der Waals surface area contributed by atoms with E-state index in [0.717, 1.165) is 6.42 Å². The van der Waals surface area contributed by atoms with Gasteiger partial charge in [0.2, 0.25) is 0 Å². The predicted octanol–water partition coefficient (Wildman–Crippen LogP) is 5.34. The maximum Gasteiger partial charge on any atom is 0.268 e. The fraction of sp³-hybridized carbons (Fsp3) is 0.867. The second kappa shape index (κ2) is 13.4. The van der Waals surface area contributed by atoms with Crippen LogP contribution < -0.4 is 0 Å². The Kier molecular flexibility index (Phi) is 12.9. The summed E-state index contributed by atoms with van der Waals surface area (Å²) in [6.07, 6.45) is 14.6. The molecule has 0 fully saturated rings. The van der Waals surface area contributed by atoms with E-state index in [-0.39, 0.29) is 5.95 Å². The van der Waals surface area contributed by atoms with Crippen molar-refractivity contribution in [3.05, 3.63) is 12.5 Å². The lowest BCUT2D eigenvalue weighted by molar-refractivity contribution is 0.0926. The normalized spacial score (nSPS) is 10.4. The quantitative estimate of drug-likeness (QED) is 0.349. The summed E-state index contributed by atoms with van der Waals surface area (Å²) < 4.78 is 4.89. The molecule has 1 N–H and O–H groups in total. The summed E-state index contributed by atoms with van der Waals surface area (Å²) in [6.45, 7) is 6.14. The van der Waals surface area contributed by atoms with Gasteiger partial charge >= 0.3 is 0 Å². The van der Waals surface area contributed by atoms with Crippen molar-refractivity contribution < 1.29 is 9.84 Å². The Hall–Kier alpha value is -0.660. The van der Waals surface area contributed by atoms with Crippen LogP contribution in [0.25, 0.3) is 0 Å². The summed E-state index contributed by atoms with van der Waals surface area (Å²) in [6, 6.07) is 0. The Bertz CT molecular complexity index is 166. The average Bonchev–Trinajstić information content (AvgIpc) is 2.30. The van der Waals surface area contributed by atoms with Gasteiger partial charge in [-0.25, -0.2) is 0 Å². The lowest BCUT2D eigenvalue weighted by Gasteiger charge is -2.04. The van der Waals surface area contributed by atoms with Gasteiger partial charge in [0.15, 0.2) is 0 Å². The third kappa shape index (κ3) is 15.3. The molecular formula is C15H30O2. The van der Waals surface area contributed by atoms with Gasteiger partial charge in [-0.1, -0.05) is 71.1 Å². The van der Waals surface area contributed by atoms with Crippen molar-refractivity contribution in [3.8, 4) is 0 Å². The first kappa shape index (κ1) is 16.3. The van der Waals surface area contributed by atoms with Crippen molar-refractivity contribution in [1.82, 2.24) is 0 Å². The Morgan fingerprint density at radius 3 is 1.65 bits per heavy atom. The second-order valence-corrected chi connectivity index (χ2v) is 4.78. The molecule has 2 heteroatoms. The number of aliphatic hydroxyl groups is 1. The van der Waals surface area contributed by atoms with Crippen LogP contribution in [0.1, 0.15) is 77.6 Å². The molecule has 0 heterocycles. The van der Waals surface area contributed by atoms with E-state index in [2.05, 4.69) is 13.5 Å². The third-order valence-electron chi connectivity index (χ3n) is 3.02. The highest BCUT2D eigenvalue weighted by atomic mass is 16.6. The van der Waals surface area contributed by atoms with Gasteiger partial charge in [-0.15, -0.1) is 0 Å². The maximum atomic E-state index is 8.70. The Labute approximate surface area is 107 Å². The molecule has 2 nitrogen and oxygen atoms in total. The molecule has 0 aromatic heterocycles. The van der Waals surface area contributed by atoms with E-state index in [9.17, 15) is 0 Å². The van der Waals surface area contributed by atoms with Gasteiger partial charge in [0.25, 0.3) is 5.95 Å². The van der Waals surface area contributed by atoms with E-state index in [1.807, 2.05) is 0 Å². The predicted molar refractivity (Wildman–Crippen MR) is 74.2 cm³/mol. The maximum absolute atomic E-state index is 8.70. The van der Waals surface area contributed by atoms with Gasteiger partial charge in [-0.3, -0.25) is 0 Å². The molecule has 0 saturated carbocycles. The summed E-state index contributed by atoms with van der Waals surface area (Å²) in [7, 11) is 0. The van der Waals surface area contributed by atoms with Crippen LogP contribution in [0.5, 0.6) is 0 Å². The standard InChI is InChI=1S/C15H30O2/c1-3-4-5-6-7-8-9-10-11-12-13-14-17-15(2)16/h16H,2-14H2,1H3. The van der Waals surface area contributed by atoms with Gasteiger partial charge in [0.05, 0.1) is 6.61 Å². The van der Waals surface area contributed by atoms with E-state index < -0.39 is 0 Å². The minimum atomic E-state index is -0.155. The highest BCUT2D eigenvalue weighted by Crippen LogP contribution is 2.11. The molecule has 0 rings (SSSR count). The monoisotopic (exact) mass is 242 g/mol. The van der Waals surface area contributed by atoms with Crippen LogP contribution in [0.4, 0.5) is 0 Å². The molecular weight excluding hydrogens is 212 g/mol. The van der Waals surface area contributed by atoms with Crippen LogP contribution >= 0.6 is 0 Å². The molecule has 0 unspecified atom stereocenters. The molecule has 0 aliphatic heterocycles. The smallest absolute Gasteiger partial charge is 0.268 e. The number of hydrogen-bond donors (Lipinski definition) is 1. The third-order valence-corrected chi connectivity index (χ3v) is 3.02. The van der Waals surface area contributed by atoms with Crippen LogP contribution in [0.2, 0.25) is 0 Å². The topological polar surface area (TPSA) is 29.5 Å². The highest BCUT2D eigenvalue weighted by Gasteiger charge is 1.93. The van der Waals surface area contributed by atoms with Gasteiger partial charge in [0.1, 0.15) is 0 Å². The molecule has 0 saturated heterocycles. The van der Waals surface area contributed by atoms with Crippen LogP contribution in [0.15, 0.2) is 12.5 Å². The molecule has 0 amide bonds. The van der Waals surface area contributed by atoms with Gasteiger partial charge in [-0.2, -0.15) is 0 Å². The Balaban J connectivity index is 2.91. The number of unbranched alkanes of at least 4 members (excludes halogenated alkanes) is 10. The van der Waals surface area contributed by atoms with Crippen LogP contribution in [-0.4, -0.2) is 11.7 Å². The van der Waals surface area contributed by atoms with E-state index in [0.29, 0.717) is 6.61 Å². The van der Waals surface area contributed by atoms with E-state index in [1.54, 1.807) is 0 Å². The number of aliphatic hydroxyl groups excluding tert-OH is 1. The van der Waals surface area contributed by atoms with Gasteiger partial charge in [0, 0.05) is 0 Å². The zero-order chi connectivity index (χ0) is 12.8. The molecule has 0 atom stereocenters. The fourth-order valence-electron chi connectivity index (χ4n) is 1.96.